The van der Waals surface area contributed by atoms with Crippen LogP contribution in [0.2, 0.25) is 0 Å². The van der Waals surface area contributed by atoms with Crippen LogP contribution in [0.1, 0.15) is 59.3 Å². The smallest absolute Gasteiger partial charge is 0.159 e. The van der Waals surface area contributed by atoms with Gasteiger partial charge in [0.05, 0.1) is 6.61 Å². The van der Waals surface area contributed by atoms with E-state index in [9.17, 15) is 4.79 Å². The van der Waals surface area contributed by atoms with E-state index in [1.54, 1.807) is 6.08 Å². The van der Waals surface area contributed by atoms with Gasteiger partial charge in [0, 0.05) is 18.9 Å². The maximum atomic E-state index is 11.5. The molecule has 16 heavy (non-hydrogen) atoms. The van der Waals surface area contributed by atoms with Crippen LogP contribution >= 0.6 is 0 Å². The summed E-state index contributed by atoms with van der Waals surface area (Å²) in [7, 11) is 0. The zero-order valence-corrected chi connectivity index (χ0v) is 10.8. The van der Waals surface area contributed by atoms with E-state index >= 15 is 0 Å². The maximum absolute atomic E-state index is 11.5. The zero-order valence-electron chi connectivity index (χ0n) is 10.8. The van der Waals surface area contributed by atoms with Crippen molar-refractivity contribution >= 4 is 5.78 Å². The zero-order chi connectivity index (χ0) is 12.0. The molecule has 0 saturated heterocycles. The summed E-state index contributed by atoms with van der Waals surface area (Å²) in [6.07, 6.45) is 8.06. The quantitative estimate of drug-likeness (QED) is 0.640. The summed E-state index contributed by atoms with van der Waals surface area (Å²) < 4.78 is 5.68. The molecule has 0 aromatic carbocycles. The van der Waals surface area contributed by atoms with Crippen LogP contribution in [0.25, 0.3) is 0 Å². The Morgan fingerprint density at radius 2 is 2.00 bits per heavy atom. The molecular formula is C14H24O2. The van der Waals surface area contributed by atoms with Gasteiger partial charge in [-0.15, -0.1) is 0 Å². The summed E-state index contributed by atoms with van der Waals surface area (Å²) in [6.45, 7) is 7.21. The van der Waals surface area contributed by atoms with Crippen LogP contribution in [0.3, 0.4) is 0 Å². The van der Waals surface area contributed by atoms with Crippen LogP contribution in [0.4, 0.5) is 0 Å². The monoisotopic (exact) mass is 224 g/mol. The van der Waals surface area contributed by atoms with Gasteiger partial charge in [0.2, 0.25) is 0 Å². The Morgan fingerprint density at radius 1 is 1.25 bits per heavy atom. The summed E-state index contributed by atoms with van der Waals surface area (Å²) in [4.78, 5) is 11.5. The van der Waals surface area contributed by atoms with E-state index in [4.69, 9.17) is 4.74 Å². The van der Waals surface area contributed by atoms with Gasteiger partial charge in [-0.3, -0.25) is 4.79 Å². The lowest BCUT2D eigenvalue weighted by Gasteiger charge is -2.28. The van der Waals surface area contributed by atoms with Crippen LogP contribution in [0.5, 0.6) is 0 Å². The van der Waals surface area contributed by atoms with E-state index in [0.717, 1.165) is 25.2 Å². The SMILES string of the molecule is CCCCCCOC1=CC(=O)CC(C)(C)C1. The van der Waals surface area contributed by atoms with Crippen LogP contribution in [-0.4, -0.2) is 12.4 Å². The number of rotatable bonds is 6. The molecule has 1 rings (SSSR count). The average Bonchev–Trinajstić information content (AvgIpc) is 2.14. The van der Waals surface area contributed by atoms with Crippen LogP contribution in [-0.2, 0) is 9.53 Å². The summed E-state index contributed by atoms with van der Waals surface area (Å²) in [5.74, 6) is 1.09. The standard InChI is InChI=1S/C14H24O2/c1-4-5-6-7-8-16-13-9-12(15)10-14(2,3)11-13/h9H,4-8,10-11H2,1-3H3. The first kappa shape index (κ1) is 13.3. The van der Waals surface area contributed by atoms with E-state index in [-0.39, 0.29) is 11.2 Å². The number of hydrogen-bond donors (Lipinski definition) is 0. The molecule has 0 bridgehead atoms. The summed E-state index contributed by atoms with van der Waals surface area (Å²) in [6, 6.07) is 0. The summed E-state index contributed by atoms with van der Waals surface area (Å²) in [5.41, 5.74) is 0.0740. The van der Waals surface area contributed by atoms with E-state index < -0.39 is 0 Å². The molecule has 0 unspecified atom stereocenters. The summed E-state index contributed by atoms with van der Waals surface area (Å²) >= 11 is 0. The molecule has 0 saturated carbocycles. The lowest BCUT2D eigenvalue weighted by atomic mass is 9.79. The molecule has 92 valence electrons. The van der Waals surface area contributed by atoms with Gasteiger partial charge in [0.15, 0.2) is 5.78 Å². The molecule has 0 radical (unpaired) electrons. The number of ether oxygens (including phenoxy) is 1. The van der Waals surface area contributed by atoms with Crippen molar-refractivity contribution in [3.63, 3.8) is 0 Å². The van der Waals surface area contributed by atoms with E-state index in [2.05, 4.69) is 20.8 Å². The highest BCUT2D eigenvalue weighted by Crippen LogP contribution is 2.33. The Kier molecular flexibility index (Phi) is 5.04. The number of allylic oxidation sites excluding steroid dienone is 2. The Bertz CT molecular complexity index is 264. The Labute approximate surface area is 99.1 Å². The van der Waals surface area contributed by atoms with Crippen molar-refractivity contribution in [3.8, 4) is 0 Å². The van der Waals surface area contributed by atoms with Crippen LogP contribution < -0.4 is 0 Å². The van der Waals surface area contributed by atoms with Crippen molar-refractivity contribution in [3.05, 3.63) is 11.8 Å². The third-order valence-electron chi connectivity index (χ3n) is 2.91. The van der Waals surface area contributed by atoms with Crippen molar-refractivity contribution in [1.82, 2.24) is 0 Å². The molecular weight excluding hydrogens is 200 g/mol. The predicted molar refractivity (Wildman–Crippen MR) is 66.2 cm³/mol. The number of carbonyl (C=O) groups is 1. The predicted octanol–water partition coefficient (Wildman–Crippen LogP) is 3.86. The molecule has 0 aromatic heterocycles. The van der Waals surface area contributed by atoms with Gasteiger partial charge in [-0.2, -0.15) is 0 Å². The molecule has 0 heterocycles. The van der Waals surface area contributed by atoms with Gasteiger partial charge in [-0.05, 0) is 11.8 Å². The number of unbranched alkanes of at least 4 members (excludes halogenated alkanes) is 3. The second-order valence-electron chi connectivity index (χ2n) is 5.50. The fourth-order valence-electron chi connectivity index (χ4n) is 2.11. The van der Waals surface area contributed by atoms with Crippen molar-refractivity contribution < 1.29 is 9.53 Å². The second-order valence-corrected chi connectivity index (χ2v) is 5.50. The highest BCUT2D eigenvalue weighted by atomic mass is 16.5. The molecule has 0 aromatic rings. The van der Waals surface area contributed by atoms with E-state index in [1.165, 1.54) is 19.3 Å². The van der Waals surface area contributed by atoms with E-state index in [1.807, 2.05) is 0 Å². The molecule has 1 aliphatic carbocycles. The third kappa shape index (κ3) is 4.82. The van der Waals surface area contributed by atoms with Crippen LogP contribution in [0, 0.1) is 5.41 Å². The Hall–Kier alpha value is -0.790. The molecule has 0 amide bonds. The highest BCUT2D eigenvalue weighted by molar-refractivity contribution is 5.91. The molecule has 0 aliphatic heterocycles. The van der Waals surface area contributed by atoms with Gasteiger partial charge >= 0.3 is 0 Å². The normalized spacial score (nSPS) is 19.4. The van der Waals surface area contributed by atoms with E-state index in [0.29, 0.717) is 6.42 Å². The van der Waals surface area contributed by atoms with Gasteiger partial charge in [-0.1, -0.05) is 40.0 Å². The van der Waals surface area contributed by atoms with Crippen molar-refractivity contribution in [2.45, 2.75) is 59.3 Å². The number of ketones is 1. The average molecular weight is 224 g/mol. The second kappa shape index (κ2) is 6.07. The topological polar surface area (TPSA) is 26.3 Å². The van der Waals surface area contributed by atoms with Crippen LogP contribution in [0.15, 0.2) is 11.8 Å². The highest BCUT2D eigenvalue weighted by Gasteiger charge is 2.28. The van der Waals surface area contributed by atoms with Gasteiger partial charge in [-0.25, -0.2) is 0 Å². The Morgan fingerprint density at radius 3 is 2.62 bits per heavy atom. The minimum atomic E-state index is 0.0740. The molecule has 2 heteroatoms. The van der Waals surface area contributed by atoms with Crippen molar-refractivity contribution in [2.75, 3.05) is 6.61 Å². The number of hydrogen-bond acceptors (Lipinski definition) is 2. The number of carbonyl (C=O) groups excluding carboxylic acids is 1. The van der Waals surface area contributed by atoms with Gasteiger partial charge < -0.3 is 4.74 Å². The third-order valence-corrected chi connectivity index (χ3v) is 2.91. The van der Waals surface area contributed by atoms with Crippen molar-refractivity contribution in [2.24, 2.45) is 5.41 Å². The van der Waals surface area contributed by atoms with Gasteiger partial charge in [0.1, 0.15) is 5.76 Å². The lowest BCUT2D eigenvalue weighted by molar-refractivity contribution is -0.117. The first-order chi connectivity index (χ1) is 7.53. The molecule has 2 nitrogen and oxygen atoms in total. The largest absolute Gasteiger partial charge is 0.498 e. The summed E-state index contributed by atoms with van der Waals surface area (Å²) in [5, 5.41) is 0. The molecule has 1 aliphatic rings. The fraction of sp³-hybridized carbons (Fsp3) is 0.786. The fourth-order valence-corrected chi connectivity index (χ4v) is 2.11. The maximum Gasteiger partial charge on any atom is 0.159 e. The first-order valence-corrected chi connectivity index (χ1v) is 6.40. The minimum Gasteiger partial charge on any atom is -0.498 e. The molecule has 0 N–H and O–H groups in total. The van der Waals surface area contributed by atoms with Gasteiger partial charge in [0.25, 0.3) is 0 Å². The van der Waals surface area contributed by atoms with Crippen molar-refractivity contribution in [1.29, 1.82) is 0 Å². The Balaban J connectivity index is 2.28. The first-order valence-electron chi connectivity index (χ1n) is 6.40. The molecule has 0 spiro atoms. The molecule has 0 atom stereocenters. The lowest BCUT2D eigenvalue weighted by Crippen LogP contribution is -2.22. The molecule has 0 fully saturated rings. The minimum absolute atomic E-state index is 0.0740.